The van der Waals surface area contributed by atoms with Crippen molar-refractivity contribution in [2.75, 3.05) is 24.4 Å². The monoisotopic (exact) mass is 261 g/mol. The topological polar surface area (TPSA) is 93.2 Å². The number of anilines is 1. The van der Waals surface area contributed by atoms with Crippen molar-refractivity contribution >= 4 is 15.9 Å². The first-order valence-corrected chi connectivity index (χ1v) is 7.04. The van der Waals surface area contributed by atoms with E-state index < -0.39 is 10.2 Å². The van der Waals surface area contributed by atoms with Gasteiger partial charge in [-0.15, -0.1) is 0 Å². The Balaban J connectivity index is 2.51. The molecule has 0 aliphatic heterocycles. The minimum Gasteiger partial charge on any atom is -0.302 e. The van der Waals surface area contributed by atoms with Crippen LogP contribution in [0.15, 0.2) is 12.4 Å². The van der Waals surface area contributed by atoms with Crippen molar-refractivity contribution in [3.63, 3.8) is 0 Å². The van der Waals surface area contributed by atoms with Crippen molar-refractivity contribution in [2.45, 2.75) is 20.4 Å². The zero-order valence-electron chi connectivity index (χ0n) is 10.1. The number of nitrogens with one attached hydrogen (secondary N) is 1. The number of nitrogens with zero attached hydrogens (tertiary/aromatic N) is 3. The SMILES string of the molecule is CCN(CC)CCn1cc(NS(N)(=O)=O)cn1. The van der Waals surface area contributed by atoms with Gasteiger partial charge in [-0.2, -0.15) is 13.5 Å². The average molecular weight is 261 g/mol. The van der Waals surface area contributed by atoms with Gasteiger partial charge >= 0.3 is 0 Å². The Morgan fingerprint density at radius 3 is 2.65 bits per heavy atom. The summed E-state index contributed by atoms with van der Waals surface area (Å²) < 4.78 is 25.4. The van der Waals surface area contributed by atoms with Gasteiger partial charge in [0.25, 0.3) is 10.2 Å². The lowest BCUT2D eigenvalue weighted by molar-refractivity contribution is 0.285. The Morgan fingerprint density at radius 2 is 2.12 bits per heavy atom. The summed E-state index contributed by atoms with van der Waals surface area (Å²) in [6.07, 6.45) is 3.06. The fraction of sp³-hybridized carbons (Fsp3) is 0.667. The average Bonchev–Trinajstić information content (AvgIpc) is 2.64. The first-order chi connectivity index (χ1) is 7.94. The molecule has 0 aliphatic carbocycles. The molecule has 0 aromatic carbocycles. The molecule has 0 radical (unpaired) electrons. The van der Waals surface area contributed by atoms with E-state index in [0.29, 0.717) is 12.2 Å². The van der Waals surface area contributed by atoms with Gasteiger partial charge in [-0.1, -0.05) is 13.8 Å². The molecule has 0 bridgehead atoms. The van der Waals surface area contributed by atoms with Gasteiger partial charge < -0.3 is 4.90 Å². The van der Waals surface area contributed by atoms with Crippen LogP contribution in [0.5, 0.6) is 0 Å². The van der Waals surface area contributed by atoms with E-state index in [1.807, 2.05) is 0 Å². The van der Waals surface area contributed by atoms with Crippen molar-refractivity contribution in [3.05, 3.63) is 12.4 Å². The van der Waals surface area contributed by atoms with Gasteiger partial charge in [-0.3, -0.25) is 9.40 Å². The molecule has 98 valence electrons. The van der Waals surface area contributed by atoms with E-state index in [1.165, 1.54) is 6.20 Å². The van der Waals surface area contributed by atoms with Crippen LogP contribution >= 0.6 is 0 Å². The summed E-state index contributed by atoms with van der Waals surface area (Å²) in [6, 6.07) is 0. The van der Waals surface area contributed by atoms with Crippen LogP contribution in [-0.4, -0.2) is 42.7 Å². The second-order valence-electron chi connectivity index (χ2n) is 3.67. The number of hydrogen-bond acceptors (Lipinski definition) is 4. The molecule has 0 spiro atoms. The van der Waals surface area contributed by atoms with Crippen molar-refractivity contribution in [1.82, 2.24) is 14.7 Å². The zero-order valence-corrected chi connectivity index (χ0v) is 10.9. The minimum absolute atomic E-state index is 0.382. The number of likely N-dealkylation sites (N-methyl/N-ethyl adjacent to an activating group) is 1. The fourth-order valence-corrected chi connectivity index (χ4v) is 1.92. The molecule has 1 aromatic heterocycles. The highest BCUT2D eigenvalue weighted by Gasteiger charge is 2.05. The highest BCUT2D eigenvalue weighted by Crippen LogP contribution is 2.05. The second-order valence-corrected chi connectivity index (χ2v) is 4.96. The Hall–Kier alpha value is -1.12. The highest BCUT2D eigenvalue weighted by molar-refractivity contribution is 7.90. The molecule has 3 N–H and O–H groups in total. The fourth-order valence-electron chi connectivity index (χ4n) is 1.49. The van der Waals surface area contributed by atoms with Crippen molar-refractivity contribution in [1.29, 1.82) is 0 Å². The normalized spacial score (nSPS) is 12.0. The van der Waals surface area contributed by atoms with E-state index in [-0.39, 0.29) is 0 Å². The molecule has 8 heteroatoms. The van der Waals surface area contributed by atoms with Crippen LogP contribution in [0.25, 0.3) is 0 Å². The van der Waals surface area contributed by atoms with Crippen molar-refractivity contribution in [2.24, 2.45) is 5.14 Å². The molecule has 0 amide bonds. The maximum Gasteiger partial charge on any atom is 0.296 e. The van der Waals surface area contributed by atoms with Gasteiger partial charge in [0.2, 0.25) is 0 Å². The van der Waals surface area contributed by atoms with E-state index in [2.05, 4.69) is 28.6 Å². The van der Waals surface area contributed by atoms with E-state index in [0.717, 1.165) is 19.6 Å². The summed E-state index contributed by atoms with van der Waals surface area (Å²) in [5.74, 6) is 0. The molecular weight excluding hydrogens is 242 g/mol. The molecule has 0 saturated carbocycles. The van der Waals surface area contributed by atoms with Gasteiger partial charge in [0.05, 0.1) is 18.4 Å². The van der Waals surface area contributed by atoms with Crippen molar-refractivity contribution < 1.29 is 8.42 Å². The second kappa shape index (κ2) is 5.99. The quantitative estimate of drug-likeness (QED) is 0.713. The Labute approximate surface area is 102 Å². The first-order valence-electron chi connectivity index (χ1n) is 5.50. The third-order valence-corrected chi connectivity index (χ3v) is 2.95. The lowest BCUT2D eigenvalue weighted by atomic mass is 10.4. The molecular formula is C9H19N5O2S. The molecule has 0 saturated heterocycles. The number of aromatic nitrogens is 2. The first kappa shape index (κ1) is 13.9. The van der Waals surface area contributed by atoms with Crippen LogP contribution < -0.4 is 9.86 Å². The van der Waals surface area contributed by atoms with Gasteiger partial charge in [-0.25, -0.2) is 5.14 Å². The van der Waals surface area contributed by atoms with E-state index in [1.54, 1.807) is 10.9 Å². The van der Waals surface area contributed by atoms with E-state index in [4.69, 9.17) is 5.14 Å². The number of hydrogen-bond donors (Lipinski definition) is 2. The maximum absolute atomic E-state index is 10.8. The Kier molecular flexibility index (Phi) is 4.91. The molecule has 0 unspecified atom stereocenters. The lowest BCUT2D eigenvalue weighted by Gasteiger charge is -2.17. The molecule has 1 aromatic rings. The standard InChI is InChI=1S/C9H19N5O2S/c1-3-13(4-2)5-6-14-8-9(7-11-14)12-17(10,15)16/h7-8,12H,3-6H2,1-2H3,(H2,10,15,16). The zero-order chi connectivity index (χ0) is 12.9. The molecule has 0 fully saturated rings. The summed E-state index contributed by atoms with van der Waals surface area (Å²) in [6.45, 7) is 7.76. The van der Waals surface area contributed by atoms with Crippen LogP contribution in [0.1, 0.15) is 13.8 Å². The minimum atomic E-state index is -3.72. The predicted molar refractivity (Wildman–Crippen MR) is 66.7 cm³/mol. The summed E-state index contributed by atoms with van der Waals surface area (Å²) in [5.41, 5.74) is 0.382. The third-order valence-electron chi connectivity index (χ3n) is 2.43. The van der Waals surface area contributed by atoms with Crippen LogP contribution in [-0.2, 0) is 16.8 Å². The summed E-state index contributed by atoms with van der Waals surface area (Å²) >= 11 is 0. The van der Waals surface area contributed by atoms with Gasteiger partial charge in [0, 0.05) is 12.7 Å². The lowest BCUT2D eigenvalue weighted by Crippen LogP contribution is -2.27. The van der Waals surface area contributed by atoms with Crippen LogP contribution in [0.2, 0.25) is 0 Å². The van der Waals surface area contributed by atoms with E-state index in [9.17, 15) is 8.42 Å². The number of rotatable bonds is 7. The summed E-state index contributed by atoms with van der Waals surface area (Å²) in [5, 5.41) is 8.91. The van der Waals surface area contributed by atoms with Gasteiger partial charge in [-0.05, 0) is 13.1 Å². The molecule has 17 heavy (non-hydrogen) atoms. The van der Waals surface area contributed by atoms with Crippen LogP contribution in [0, 0.1) is 0 Å². The van der Waals surface area contributed by atoms with Crippen LogP contribution in [0.4, 0.5) is 5.69 Å². The predicted octanol–water partition coefficient (Wildman–Crippen LogP) is -0.160. The molecule has 0 atom stereocenters. The van der Waals surface area contributed by atoms with Crippen molar-refractivity contribution in [3.8, 4) is 0 Å². The van der Waals surface area contributed by atoms with E-state index >= 15 is 0 Å². The third kappa shape index (κ3) is 5.16. The molecule has 1 heterocycles. The Morgan fingerprint density at radius 1 is 1.47 bits per heavy atom. The van der Waals surface area contributed by atoms with Crippen LogP contribution in [0.3, 0.4) is 0 Å². The Bertz CT molecular complexity index is 438. The highest BCUT2D eigenvalue weighted by atomic mass is 32.2. The smallest absolute Gasteiger partial charge is 0.296 e. The summed E-state index contributed by atoms with van der Waals surface area (Å²) in [4.78, 5) is 2.26. The van der Waals surface area contributed by atoms with Gasteiger partial charge in [0.15, 0.2) is 0 Å². The maximum atomic E-state index is 10.8. The summed E-state index contributed by atoms with van der Waals surface area (Å²) in [7, 11) is -3.72. The molecule has 0 aliphatic rings. The van der Waals surface area contributed by atoms with Gasteiger partial charge in [0.1, 0.15) is 0 Å². The molecule has 7 nitrogen and oxygen atoms in total. The number of nitrogens with two attached hydrogens (primary N) is 1. The molecule has 1 rings (SSSR count). The largest absolute Gasteiger partial charge is 0.302 e.